The van der Waals surface area contributed by atoms with E-state index in [-0.39, 0.29) is 37.4 Å². The number of halogens is 2. The van der Waals surface area contributed by atoms with Gasteiger partial charge in [-0.2, -0.15) is 0 Å². The summed E-state index contributed by atoms with van der Waals surface area (Å²) in [5, 5.41) is 5.26. The maximum Gasteiger partial charge on any atom is 0.329 e. The molecular formula is C31H41F2N5O7. The standard InChI is InChI=1S/C31H41F2N5O7/c1-16-11-24-31(44)45-19(4)26(35-25(39)9-8-20-12-21(32)14-22(33)13-20)30(43)37-10-6-7-23(37)29(42)36(5)18(3)27(40)34-17(2)28(41)38(24)15-16/h12-14,16-19,23-24,26H,6-11,15H2,1-5H3,(H,34,40)(H,35,39)/t16-,17-,18-,19-,23?,24?,26-/m0/s1. The van der Waals surface area contributed by atoms with Gasteiger partial charge in [0.15, 0.2) is 0 Å². The number of nitrogens with one attached hydrogen (secondary N) is 2. The van der Waals surface area contributed by atoms with E-state index >= 15 is 0 Å². The third-order valence-corrected chi connectivity index (χ3v) is 8.84. The molecule has 5 amide bonds. The fourth-order valence-electron chi connectivity index (χ4n) is 6.19. The van der Waals surface area contributed by atoms with Crippen molar-refractivity contribution in [2.45, 2.75) is 96.1 Å². The molecule has 1 aromatic carbocycles. The van der Waals surface area contributed by atoms with Crippen LogP contribution >= 0.6 is 0 Å². The molecule has 12 nitrogen and oxygen atoms in total. The van der Waals surface area contributed by atoms with E-state index in [0.29, 0.717) is 19.3 Å². The Morgan fingerprint density at radius 1 is 0.956 bits per heavy atom. The van der Waals surface area contributed by atoms with E-state index in [9.17, 15) is 37.5 Å². The lowest BCUT2D eigenvalue weighted by atomic mass is 10.1. The van der Waals surface area contributed by atoms with Crippen molar-refractivity contribution in [1.82, 2.24) is 25.3 Å². The summed E-state index contributed by atoms with van der Waals surface area (Å²) in [5.41, 5.74) is 0.243. The van der Waals surface area contributed by atoms with Crippen LogP contribution in [0.25, 0.3) is 0 Å². The first-order valence-electron chi connectivity index (χ1n) is 15.3. The number of benzene rings is 1. The van der Waals surface area contributed by atoms with Gasteiger partial charge in [0, 0.05) is 32.6 Å². The molecule has 3 heterocycles. The molecule has 0 saturated carbocycles. The number of rotatable bonds is 4. The number of ether oxygens (including phenoxy) is 1. The number of aryl methyl sites for hydroxylation is 1. The zero-order chi connectivity index (χ0) is 33.2. The third kappa shape index (κ3) is 7.59. The minimum Gasteiger partial charge on any atom is -0.458 e. The summed E-state index contributed by atoms with van der Waals surface area (Å²) in [6.07, 6.45) is -0.364. The molecule has 7 atom stereocenters. The lowest BCUT2D eigenvalue weighted by molar-refractivity contribution is -0.162. The predicted octanol–water partition coefficient (Wildman–Crippen LogP) is 0.907. The lowest BCUT2D eigenvalue weighted by Gasteiger charge is -2.35. The van der Waals surface area contributed by atoms with E-state index in [1.54, 1.807) is 0 Å². The first-order chi connectivity index (χ1) is 21.2. The summed E-state index contributed by atoms with van der Waals surface area (Å²) in [6.45, 7) is 6.78. The highest BCUT2D eigenvalue weighted by molar-refractivity contribution is 5.97. The number of esters is 1. The molecule has 0 bridgehead atoms. The summed E-state index contributed by atoms with van der Waals surface area (Å²) in [4.78, 5) is 84.5. The fourth-order valence-corrected chi connectivity index (χ4v) is 6.19. The summed E-state index contributed by atoms with van der Waals surface area (Å²) in [6, 6.07) is -2.35. The molecule has 45 heavy (non-hydrogen) atoms. The quantitative estimate of drug-likeness (QED) is 0.469. The first kappa shape index (κ1) is 33.8. The molecule has 3 aliphatic heterocycles. The van der Waals surface area contributed by atoms with Crippen molar-refractivity contribution in [2.75, 3.05) is 20.1 Å². The van der Waals surface area contributed by atoms with Crippen LogP contribution in [-0.4, -0.2) is 107 Å². The van der Waals surface area contributed by atoms with E-state index < -0.39 is 83.5 Å². The van der Waals surface area contributed by atoms with E-state index in [1.807, 2.05) is 6.92 Å². The number of amides is 5. The summed E-state index contributed by atoms with van der Waals surface area (Å²) < 4.78 is 33.1. The third-order valence-electron chi connectivity index (χ3n) is 8.84. The average Bonchev–Trinajstić information content (AvgIpc) is 3.63. The van der Waals surface area contributed by atoms with Gasteiger partial charge in [-0.1, -0.05) is 6.92 Å². The van der Waals surface area contributed by atoms with Crippen molar-refractivity contribution in [3.8, 4) is 0 Å². The first-order valence-corrected chi connectivity index (χ1v) is 15.3. The lowest BCUT2D eigenvalue weighted by Crippen LogP contribution is -2.60. The van der Waals surface area contributed by atoms with Gasteiger partial charge in [0.1, 0.15) is 47.9 Å². The number of carbonyl (C=O) groups is 6. The van der Waals surface area contributed by atoms with Crippen LogP contribution in [0.3, 0.4) is 0 Å². The monoisotopic (exact) mass is 633 g/mol. The average molecular weight is 634 g/mol. The largest absolute Gasteiger partial charge is 0.458 e. The Bertz CT molecular complexity index is 1340. The molecular weight excluding hydrogens is 592 g/mol. The summed E-state index contributed by atoms with van der Waals surface area (Å²) in [5.74, 6) is -5.25. The fraction of sp³-hybridized carbons (Fsp3) is 0.613. The summed E-state index contributed by atoms with van der Waals surface area (Å²) in [7, 11) is 1.44. The number of hydrogen-bond donors (Lipinski definition) is 2. The number of cyclic esters (lactones) is 1. The number of carbonyl (C=O) groups excluding carboxylic acids is 6. The molecule has 4 rings (SSSR count). The highest BCUT2D eigenvalue weighted by atomic mass is 19.1. The Hall–Kier alpha value is -4.10. The smallest absolute Gasteiger partial charge is 0.329 e. The van der Waals surface area contributed by atoms with Gasteiger partial charge in [0.2, 0.25) is 29.5 Å². The van der Waals surface area contributed by atoms with Gasteiger partial charge in [-0.25, -0.2) is 13.6 Å². The second kappa shape index (κ2) is 13.9. The molecule has 246 valence electrons. The Morgan fingerprint density at radius 2 is 1.62 bits per heavy atom. The second-order valence-electron chi connectivity index (χ2n) is 12.4. The van der Waals surface area contributed by atoms with E-state index in [4.69, 9.17) is 4.74 Å². The van der Waals surface area contributed by atoms with Gasteiger partial charge in [-0.05, 0) is 70.1 Å². The number of hydrogen-bond acceptors (Lipinski definition) is 7. The number of nitrogens with zero attached hydrogens (tertiary/aromatic N) is 3. The van der Waals surface area contributed by atoms with Crippen molar-refractivity contribution in [3.05, 3.63) is 35.4 Å². The molecule has 0 aliphatic carbocycles. The van der Waals surface area contributed by atoms with Crippen LogP contribution in [0.1, 0.15) is 58.9 Å². The van der Waals surface area contributed by atoms with Crippen LogP contribution in [-0.2, 0) is 39.9 Å². The molecule has 0 aromatic heterocycles. The van der Waals surface area contributed by atoms with Gasteiger partial charge in [0.05, 0.1) is 0 Å². The second-order valence-corrected chi connectivity index (χ2v) is 12.4. The molecule has 14 heteroatoms. The van der Waals surface area contributed by atoms with Crippen LogP contribution in [0.2, 0.25) is 0 Å². The van der Waals surface area contributed by atoms with Crippen molar-refractivity contribution >= 4 is 35.5 Å². The number of fused-ring (bicyclic) bond motifs is 2. The van der Waals surface area contributed by atoms with Gasteiger partial charge in [0.25, 0.3) is 0 Å². The van der Waals surface area contributed by atoms with Crippen LogP contribution in [0.15, 0.2) is 18.2 Å². The van der Waals surface area contributed by atoms with Crippen LogP contribution < -0.4 is 10.6 Å². The summed E-state index contributed by atoms with van der Waals surface area (Å²) >= 11 is 0. The van der Waals surface area contributed by atoms with Crippen molar-refractivity contribution in [2.24, 2.45) is 5.92 Å². The van der Waals surface area contributed by atoms with Crippen LogP contribution in [0.5, 0.6) is 0 Å². The molecule has 1 aromatic rings. The SMILES string of the molecule is C[C@H]1CC2C(=O)O[C@@H](C)[C@H](NC(=O)CCc3cc(F)cc(F)c3)C(=O)N3CCCC3C(=O)N(C)[C@@H](C)C(=O)N[C@@H](C)C(=O)N2C1. The Labute approximate surface area is 260 Å². The molecule has 0 radical (unpaired) electrons. The molecule has 3 fully saturated rings. The predicted molar refractivity (Wildman–Crippen MR) is 156 cm³/mol. The van der Waals surface area contributed by atoms with Gasteiger partial charge in [-0.3, -0.25) is 24.0 Å². The molecule has 2 N–H and O–H groups in total. The Morgan fingerprint density at radius 3 is 2.29 bits per heavy atom. The van der Waals surface area contributed by atoms with E-state index in [2.05, 4.69) is 10.6 Å². The number of likely N-dealkylation sites (N-methyl/N-ethyl adjacent to an activating group) is 1. The van der Waals surface area contributed by atoms with Crippen molar-refractivity contribution in [3.63, 3.8) is 0 Å². The molecule has 3 saturated heterocycles. The Balaban J connectivity index is 1.64. The van der Waals surface area contributed by atoms with E-state index in [1.165, 1.54) is 42.5 Å². The Kier molecular flexibility index (Phi) is 10.4. The molecule has 2 unspecified atom stereocenters. The zero-order valence-electron chi connectivity index (χ0n) is 26.2. The highest BCUT2D eigenvalue weighted by Gasteiger charge is 2.45. The van der Waals surface area contributed by atoms with Crippen molar-refractivity contribution < 1.29 is 42.3 Å². The maximum atomic E-state index is 14.0. The van der Waals surface area contributed by atoms with E-state index in [0.717, 1.165) is 18.2 Å². The molecule has 3 aliphatic rings. The van der Waals surface area contributed by atoms with Gasteiger partial charge in [-0.15, -0.1) is 0 Å². The highest BCUT2D eigenvalue weighted by Crippen LogP contribution is 2.27. The minimum absolute atomic E-state index is 0.0274. The maximum absolute atomic E-state index is 14.0. The molecule has 0 spiro atoms. The van der Waals surface area contributed by atoms with Gasteiger partial charge >= 0.3 is 5.97 Å². The zero-order valence-corrected chi connectivity index (χ0v) is 26.2. The van der Waals surface area contributed by atoms with Gasteiger partial charge < -0.3 is 30.1 Å². The van der Waals surface area contributed by atoms with Crippen molar-refractivity contribution in [1.29, 1.82) is 0 Å². The van der Waals surface area contributed by atoms with Crippen LogP contribution in [0, 0.1) is 17.6 Å². The normalized spacial score (nSPS) is 30.2. The van der Waals surface area contributed by atoms with Crippen LogP contribution in [0.4, 0.5) is 8.78 Å². The minimum atomic E-state index is -1.40. The topological polar surface area (TPSA) is 145 Å².